The molecule has 0 saturated carbocycles. The third kappa shape index (κ3) is 2.31. The molecule has 0 bridgehead atoms. The molecule has 1 N–H and O–H groups in total. The summed E-state index contributed by atoms with van der Waals surface area (Å²) >= 11 is 0. The van der Waals surface area contributed by atoms with E-state index in [1.54, 1.807) is 0 Å². The van der Waals surface area contributed by atoms with Crippen LogP contribution in [0.2, 0.25) is 0 Å². The van der Waals surface area contributed by atoms with E-state index >= 15 is 0 Å². The van der Waals surface area contributed by atoms with Crippen LogP contribution in [0.3, 0.4) is 0 Å². The number of ether oxygens (including phenoxy) is 1. The van der Waals surface area contributed by atoms with Gasteiger partial charge < -0.3 is 10.1 Å². The van der Waals surface area contributed by atoms with Gasteiger partial charge in [0.25, 0.3) is 0 Å². The molecule has 1 aromatic rings. The van der Waals surface area contributed by atoms with Crippen molar-refractivity contribution in [1.29, 1.82) is 0 Å². The van der Waals surface area contributed by atoms with Crippen molar-refractivity contribution in [2.24, 2.45) is 0 Å². The van der Waals surface area contributed by atoms with Crippen LogP contribution in [0, 0.1) is 0 Å². The van der Waals surface area contributed by atoms with Gasteiger partial charge in [-0.05, 0) is 30.7 Å². The number of nitrogens with one attached hydrogen (secondary N) is 1. The zero-order valence-corrected chi connectivity index (χ0v) is 11.4. The highest BCUT2D eigenvalue weighted by molar-refractivity contribution is 5.75. The number of hydrogen-bond donors (Lipinski definition) is 1. The lowest BCUT2D eigenvalue weighted by atomic mass is 9.93. The van der Waals surface area contributed by atoms with E-state index in [0.29, 0.717) is 12.3 Å². The van der Waals surface area contributed by atoms with Crippen LogP contribution in [-0.2, 0) is 17.6 Å². The van der Waals surface area contributed by atoms with Crippen LogP contribution in [0.25, 0.3) is 0 Å². The number of amides is 1. The maximum Gasteiger partial charge on any atom is 0.219 e. The maximum absolute atomic E-state index is 11.3. The van der Waals surface area contributed by atoms with Crippen molar-refractivity contribution in [3.8, 4) is 5.75 Å². The molecule has 0 radical (unpaired) electrons. The number of pyridine rings is 1. The minimum Gasteiger partial charge on any atom is -0.491 e. The van der Waals surface area contributed by atoms with Crippen LogP contribution in [0.4, 0.5) is 0 Å². The number of hydrogen-bond acceptors (Lipinski definition) is 3. The van der Waals surface area contributed by atoms with E-state index in [4.69, 9.17) is 4.74 Å². The quantitative estimate of drug-likeness (QED) is 0.900. The van der Waals surface area contributed by atoms with Gasteiger partial charge in [0.15, 0.2) is 0 Å². The van der Waals surface area contributed by atoms with E-state index in [1.807, 2.05) is 13.1 Å². The third-order valence-corrected chi connectivity index (χ3v) is 4.15. The third-order valence-electron chi connectivity index (χ3n) is 4.15. The lowest BCUT2D eigenvalue weighted by Crippen LogP contribution is -2.24. The van der Waals surface area contributed by atoms with Gasteiger partial charge >= 0.3 is 0 Å². The highest BCUT2D eigenvalue weighted by Crippen LogP contribution is 2.41. The maximum atomic E-state index is 11.3. The highest BCUT2D eigenvalue weighted by atomic mass is 16.5. The summed E-state index contributed by atoms with van der Waals surface area (Å²) < 4.78 is 5.60. The lowest BCUT2D eigenvalue weighted by molar-refractivity contribution is -0.120. The van der Waals surface area contributed by atoms with Gasteiger partial charge in [0.2, 0.25) is 5.91 Å². The zero-order chi connectivity index (χ0) is 13.2. The Hall–Kier alpha value is -1.58. The largest absolute Gasteiger partial charge is 0.491 e. The molecule has 1 aliphatic carbocycles. The Morgan fingerprint density at radius 1 is 1.53 bits per heavy atom. The second-order valence-corrected chi connectivity index (χ2v) is 5.29. The molecule has 1 atom stereocenters. The molecule has 0 saturated heterocycles. The zero-order valence-electron chi connectivity index (χ0n) is 11.4. The van der Waals surface area contributed by atoms with Gasteiger partial charge in [-0.1, -0.05) is 6.92 Å². The number of carbonyl (C=O) groups excluding carboxylic acids is 1. The van der Waals surface area contributed by atoms with Gasteiger partial charge in [-0.15, -0.1) is 0 Å². The van der Waals surface area contributed by atoms with Gasteiger partial charge in [-0.3, -0.25) is 9.78 Å². The molecule has 2 heterocycles. The average molecular weight is 260 g/mol. The summed E-state index contributed by atoms with van der Waals surface area (Å²) in [6.07, 6.45) is 6.68. The van der Waals surface area contributed by atoms with Crippen LogP contribution in [0.1, 0.15) is 48.9 Å². The van der Waals surface area contributed by atoms with E-state index < -0.39 is 0 Å². The Bertz CT molecular complexity index is 499. The molecule has 1 aromatic heterocycles. The van der Waals surface area contributed by atoms with Crippen LogP contribution < -0.4 is 10.1 Å². The molecule has 19 heavy (non-hydrogen) atoms. The molecular weight excluding hydrogens is 240 g/mol. The lowest BCUT2D eigenvalue weighted by Gasteiger charge is -2.14. The fourth-order valence-corrected chi connectivity index (χ4v) is 3.17. The second kappa shape index (κ2) is 5.19. The van der Waals surface area contributed by atoms with E-state index in [1.165, 1.54) is 16.8 Å². The smallest absolute Gasteiger partial charge is 0.219 e. The Balaban J connectivity index is 1.71. The van der Waals surface area contributed by atoms with Crippen LogP contribution in [-0.4, -0.2) is 24.0 Å². The fourth-order valence-electron chi connectivity index (χ4n) is 3.17. The first-order chi connectivity index (χ1) is 9.29. The first kappa shape index (κ1) is 12.5. The summed E-state index contributed by atoms with van der Waals surface area (Å²) in [5, 5.41) is 2.97. The Kier molecular flexibility index (Phi) is 3.40. The van der Waals surface area contributed by atoms with Crippen LogP contribution >= 0.6 is 0 Å². The second-order valence-electron chi connectivity index (χ2n) is 5.29. The summed E-state index contributed by atoms with van der Waals surface area (Å²) in [7, 11) is 0. The molecule has 0 aromatic carbocycles. The van der Waals surface area contributed by atoms with Crippen molar-refractivity contribution >= 4 is 5.91 Å². The molecule has 3 rings (SSSR count). The predicted molar refractivity (Wildman–Crippen MR) is 72.4 cm³/mol. The normalized spacial score (nSPS) is 19.7. The Labute approximate surface area is 113 Å². The number of nitrogens with zero attached hydrogens (tertiary/aromatic N) is 1. The number of aryl methyl sites for hydroxylation is 1. The van der Waals surface area contributed by atoms with E-state index in [9.17, 15) is 4.79 Å². The highest BCUT2D eigenvalue weighted by Gasteiger charge is 2.30. The Morgan fingerprint density at radius 3 is 3.26 bits per heavy atom. The van der Waals surface area contributed by atoms with Crippen molar-refractivity contribution in [3.63, 3.8) is 0 Å². The number of rotatable bonds is 4. The number of aromatic nitrogens is 1. The molecule has 4 heteroatoms. The molecule has 102 valence electrons. The van der Waals surface area contributed by atoms with Crippen molar-refractivity contribution in [2.75, 3.05) is 13.2 Å². The predicted octanol–water partition coefficient (Wildman–Crippen LogP) is 1.96. The molecular formula is C15H20N2O2. The summed E-state index contributed by atoms with van der Waals surface area (Å²) in [5.74, 6) is 1.65. The number of carbonyl (C=O) groups is 1. The first-order valence-electron chi connectivity index (χ1n) is 7.19. The summed E-state index contributed by atoms with van der Waals surface area (Å²) in [4.78, 5) is 15.8. The number of fused-ring (bicyclic) bond motifs is 3. The van der Waals surface area contributed by atoms with Gasteiger partial charge in [-0.2, -0.15) is 0 Å². The topological polar surface area (TPSA) is 51.2 Å². The first-order valence-corrected chi connectivity index (χ1v) is 7.19. The summed E-state index contributed by atoms with van der Waals surface area (Å²) in [6, 6.07) is 0. The van der Waals surface area contributed by atoms with Gasteiger partial charge in [-0.25, -0.2) is 0 Å². The minimum absolute atomic E-state index is 0.137. The van der Waals surface area contributed by atoms with Crippen molar-refractivity contribution in [1.82, 2.24) is 10.3 Å². The van der Waals surface area contributed by atoms with E-state index in [2.05, 4.69) is 10.3 Å². The van der Waals surface area contributed by atoms with Gasteiger partial charge in [0.1, 0.15) is 5.75 Å². The molecule has 0 fully saturated rings. The molecule has 1 unspecified atom stereocenters. The van der Waals surface area contributed by atoms with Gasteiger partial charge in [0, 0.05) is 30.6 Å². The van der Waals surface area contributed by atoms with Crippen molar-refractivity contribution < 1.29 is 9.53 Å². The minimum atomic E-state index is 0.137. The standard InChI is InChI=1S/C15H20N2O2/c1-2-14(18)16-7-5-10-3-4-12-15(10)11-6-8-19-13(11)9-17-12/h9-10H,2-8H2,1H3,(H,16,18). The van der Waals surface area contributed by atoms with Crippen LogP contribution in [0.15, 0.2) is 6.20 Å². The van der Waals surface area contributed by atoms with Crippen LogP contribution in [0.5, 0.6) is 5.75 Å². The molecule has 2 aliphatic rings. The molecule has 1 aliphatic heterocycles. The molecule has 1 amide bonds. The Morgan fingerprint density at radius 2 is 2.42 bits per heavy atom. The summed E-state index contributed by atoms with van der Waals surface area (Å²) in [5.41, 5.74) is 4.03. The van der Waals surface area contributed by atoms with Crippen molar-refractivity contribution in [2.45, 2.75) is 44.9 Å². The monoisotopic (exact) mass is 260 g/mol. The van der Waals surface area contributed by atoms with Gasteiger partial charge in [0.05, 0.1) is 12.8 Å². The SMILES string of the molecule is CCC(=O)NCCC1CCc2ncc3c(c21)CCO3. The fraction of sp³-hybridized carbons (Fsp3) is 0.600. The van der Waals surface area contributed by atoms with E-state index in [0.717, 1.165) is 44.6 Å². The average Bonchev–Trinajstić information content (AvgIpc) is 3.03. The van der Waals surface area contributed by atoms with Crippen molar-refractivity contribution in [3.05, 3.63) is 23.0 Å². The molecule has 4 nitrogen and oxygen atoms in total. The summed E-state index contributed by atoms with van der Waals surface area (Å²) in [6.45, 7) is 3.43. The van der Waals surface area contributed by atoms with E-state index in [-0.39, 0.29) is 5.91 Å². The molecule has 0 spiro atoms.